The van der Waals surface area contributed by atoms with Gasteiger partial charge >= 0.3 is 5.97 Å². The molecule has 0 heterocycles. The van der Waals surface area contributed by atoms with Crippen LogP contribution in [0.1, 0.15) is 36.0 Å². The van der Waals surface area contributed by atoms with E-state index in [9.17, 15) is 9.59 Å². The number of rotatable bonds is 5. The van der Waals surface area contributed by atoms with Crippen LogP contribution < -0.4 is 15.8 Å². The summed E-state index contributed by atoms with van der Waals surface area (Å²) in [5.41, 5.74) is 6.21. The second-order valence-electron chi connectivity index (χ2n) is 5.08. The van der Waals surface area contributed by atoms with Crippen molar-refractivity contribution in [3.05, 3.63) is 23.8 Å². The molecule has 3 N–H and O–H groups in total. The molecule has 0 saturated heterocycles. The van der Waals surface area contributed by atoms with Crippen LogP contribution in [0.25, 0.3) is 0 Å². The van der Waals surface area contributed by atoms with Crippen LogP contribution in [0.5, 0.6) is 5.75 Å². The van der Waals surface area contributed by atoms with Gasteiger partial charge in [0, 0.05) is 11.7 Å². The van der Waals surface area contributed by atoms with E-state index in [4.69, 9.17) is 15.2 Å². The first-order valence-electron chi connectivity index (χ1n) is 7.00. The number of ether oxygens (including phenoxy) is 2. The zero-order valence-corrected chi connectivity index (χ0v) is 12.1. The highest BCUT2D eigenvalue weighted by Crippen LogP contribution is 2.20. The highest BCUT2D eigenvalue weighted by atomic mass is 16.5. The Kier molecular flexibility index (Phi) is 5.03. The van der Waals surface area contributed by atoms with Crippen molar-refractivity contribution in [1.29, 1.82) is 0 Å². The summed E-state index contributed by atoms with van der Waals surface area (Å²) < 4.78 is 10.0. The summed E-state index contributed by atoms with van der Waals surface area (Å²) in [5.74, 6) is -0.406. The Morgan fingerprint density at radius 1 is 1.33 bits per heavy atom. The third-order valence-corrected chi connectivity index (χ3v) is 3.54. The van der Waals surface area contributed by atoms with Crippen LogP contribution >= 0.6 is 0 Å². The molecule has 21 heavy (non-hydrogen) atoms. The summed E-state index contributed by atoms with van der Waals surface area (Å²) in [6, 6.07) is 4.91. The van der Waals surface area contributed by atoms with E-state index in [0.717, 1.165) is 25.7 Å². The van der Waals surface area contributed by atoms with Gasteiger partial charge in [-0.25, -0.2) is 4.79 Å². The summed E-state index contributed by atoms with van der Waals surface area (Å²) in [7, 11) is 1.50. The number of nitrogens with two attached hydrogens (primary N) is 1. The molecule has 1 aliphatic carbocycles. The van der Waals surface area contributed by atoms with Crippen molar-refractivity contribution in [2.75, 3.05) is 19.5 Å². The van der Waals surface area contributed by atoms with Crippen molar-refractivity contribution in [1.82, 2.24) is 5.32 Å². The van der Waals surface area contributed by atoms with Gasteiger partial charge in [-0.1, -0.05) is 12.8 Å². The number of benzene rings is 1. The van der Waals surface area contributed by atoms with E-state index in [2.05, 4.69) is 5.32 Å². The SMILES string of the molecule is COc1ccc(N)c(C(=O)OCC(=O)NC2CCCC2)c1. The molecule has 1 aromatic rings. The van der Waals surface area contributed by atoms with E-state index in [1.165, 1.54) is 13.2 Å². The molecule has 0 unspecified atom stereocenters. The Labute approximate surface area is 123 Å². The first-order valence-corrected chi connectivity index (χ1v) is 7.00. The Hall–Kier alpha value is -2.24. The smallest absolute Gasteiger partial charge is 0.340 e. The molecule has 0 radical (unpaired) electrons. The monoisotopic (exact) mass is 292 g/mol. The lowest BCUT2D eigenvalue weighted by molar-refractivity contribution is -0.124. The standard InChI is InChI=1S/C15H20N2O4/c1-20-11-6-7-13(16)12(8-11)15(19)21-9-14(18)17-10-4-2-3-5-10/h6-8,10H,2-5,9,16H2,1H3,(H,17,18). The molecule has 1 aliphatic rings. The normalized spacial score (nSPS) is 14.7. The van der Waals surface area contributed by atoms with Gasteiger partial charge in [-0.05, 0) is 31.0 Å². The lowest BCUT2D eigenvalue weighted by atomic mass is 10.2. The molecule has 0 atom stereocenters. The van der Waals surface area contributed by atoms with E-state index < -0.39 is 5.97 Å². The first kappa shape index (κ1) is 15.2. The van der Waals surface area contributed by atoms with Crippen LogP contribution in [0.2, 0.25) is 0 Å². The quantitative estimate of drug-likeness (QED) is 0.634. The highest BCUT2D eigenvalue weighted by molar-refractivity contribution is 5.96. The lowest BCUT2D eigenvalue weighted by Crippen LogP contribution is -2.35. The first-order chi connectivity index (χ1) is 10.1. The minimum absolute atomic E-state index is 0.197. The maximum absolute atomic E-state index is 11.9. The zero-order valence-electron chi connectivity index (χ0n) is 12.1. The third-order valence-electron chi connectivity index (χ3n) is 3.54. The number of nitrogen functional groups attached to an aromatic ring is 1. The van der Waals surface area contributed by atoms with Crippen LogP contribution in [-0.2, 0) is 9.53 Å². The molecule has 1 fully saturated rings. The fourth-order valence-electron chi connectivity index (χ4n) is 2.39. The number of methoxy groups -OCH3 is 1. The fraction of sp³-hybridized carbons (Fsp3) is 0.467. The summed E-state index contributed by atoms with van der Waals surface area (Å²) >= 11 is 0. The Morgan fingerprint density at radius 2 is 2.05 bits per heavy atom. The molecule has 114 valence electrons. The van der Waals surface area contributed by atoms with Crippen LogP contribution in [0, 0.1) is 0 Å². The maximum atomic E-state index is 11.9. The van der Waals surface area contributed by atoms with Gasteiger partial charge in [0.1, 0.15) is 5.75 Å². The van der Waals surface area contributed by atoms with Gasteiger partial charge in [-0.15, -0.1) is 0 Å². The van der Waals surface area contributed by atoms with Crippen molar-refractivity contribution < 1.29 is 19.1 Å². The summed E-state index contributed by atoms with van der Waals surface area (Å²) in [6.45, 7) is -0.300. The molecule has 1 saturated carbocycles. The van der Waals surface area contributed by atoms with Gasteiger partial charge in [-0.2, -0.15) is 0 Å². The van der Waals surface area contributed by atoms with E-state index in [0.29, 0.717) is 5.75 Å². The fourth-order valence-corrected chi connectivity index (χ4v) is 2.39. The van der Waals surface area contributed by atoms with Crippen LogP contribution in [0.4, 0.5) is 5.69 Å². The van der Waals surface area contributed by atoms with Crippen LogP contribution in [-0.4, -0.2) is 31.6 Å². The highest BCUT2D eigenvalue weighted by Gasteiger charge is 2.19. The largest absolute Gasteiger partial charge is 0.497 e. The number of carbonyl (C=O) groups is 2. The minimum atomic E-state index is -0.632. The minimum Gasteiger partial charge on any atom is -0.497 e. The molecule has 1 aromatic carbocycles. The number of esters is 1. The van der Waals surface area contributed by atoms with Gasteiger partial charge in [0.25, 0.3) is 5.91 Å². The van der Waals surface area contributed by atoms with Crippen molar-refractivity contribution in [2.24, 2.45) is 0 Å². The van der Waals surface area contributed by atoms with Gasteiger partial charge in [0.15, 0.2) is 6.61 Å². The Balaban J connectivity index is 1.87. The van der Waals surface area contributed by atoms with Crippen molar-refractivity contribution in [2.45, 2.75) is 31.7 Å². The van der Waals surface area contributed by atoms with E-state index in [-0.39, 0.29) is 29.8 Å². The van der Waals surface area contributed by atoms with Crippen LogP contribution in [0.3, 0.4) is 0 Å². The lowest BCUT2D eigenvalue weighted by Gasteiger charge is -2.12. The average Bonchev–Trinajstić information content (AvgIpc) is 2.98. The molecule has 6 nitrogen and oxygen atoms in total. The molecule has 0 aromatic heterocycles. The second kappa shape index (κ2) is 6.97. The number of nitrogens with one attached hydrogen (secondary N) is 1. The Bertz CT molecular complexity index is 524. The molecule has 6 heteroatoms. The summed E-state index contributed by atoms with van der Waals surface area (Å²) in [5, 5.41) is 2.85. The van der Waals surface area contributed by atoms with Gasteiger partial charge in [0.2, 0.25) is 0 Å². The summed E-state index contributed by atoms with van der Waals surface area (Å²) in [6.07, 6.45) is 4.24. The van der Waals surface area contributed by atoms with E-state index in [1.54, 1.807) is 12.1 Å². The predicted octanol–water partition coefficient (Wildman–Crippen LogP) is 1.49. The molecule has 0 bridgehead atoms. The Morgan fingerprint density at radius 3 is 2.71 bits per heavy atom. The zero-order chi connectivity index (χ0) is 15.2. The molecule has 2 rings (SSSR count). The number of hydrogen-bond donors (Lipinski definition) is 2. The van der Waals surface area contributed by atoms with Crippen molar-refractivity contribution >= 4 is 17.6 Å². The van der Waals surface area contributed by atoms with E-state index in [1.807, 2.05) is 0 Å². The van der Waals surface area contributed by atoms with Gasteiger partial charge < -0.3 is 20.5 Å². The molecule has 1 amide bonds. The molecular weight excluding hydrogens is 272 g/mol. The molecular formula is C15H20N2O4. The van der Waals surface area contributed by atoms with Crippen molar-refractivity contribution in [3.63, 3.8) is 0 Å². The second-order valence-corrected chi connectivity index (χ2v) is 5.08. The molecule has 0 aliphatic heterocycles. The number of hydrogen-bond acceptors (Lipinski definition) is 5. The average molecular weight is 292 g/mol. The predicted molar refractivity (Wildman–Crippen MR) is 78.1 cm³/mol. The van der Waals surface area contributed by atoms with E-state index >= 15 is 0 Å². The number of anilines is 1. The third kappa shape index (κ3) is 4.11. The van der Waals surface area contributed by atoms with Crippen molar-refractivity contribution in [3.8, 4) is 5.75 Å². The number of carbonyl (C=O) groups excluding carboxylic acids is 2. The summed E-state index contributed by atoms with van der Waals surface area (Å²) in [4.78, 5) is 23.6. The topological polar surface area (TPSA) is 90.7 Å². The van der Waals surface area contributed by atoms with Crippen LogP contribution in [0.15, 0.2) is 18.2 Å². The van der Waals surface area contributed by atoms with Gasteiger partial charge in [0.05, 0.1) is 12.7 Å². The number of amides is 1. The maximum Gasteiger partial charge on any atom is 0.340 e. The molecule has 0 spiro atoms. The van der Waals surface area contributed by atoms with Gasteiger partial charge in [-0.3, -0.25) is 4.79 Å².